The Balaban J connectivity index is 2.34. The highest BCUT2D eigenvalue weighted by Crippen LogP contribution is 2.32. The van der Waals surface area contributed by atoms with Gasteiger partial charge in [0.15, 0.2) is 0 Å². The second-order valence-electron chi connectivity index (χ2n) is 3.35. The third-order valence-corrected chi connectivity index (χ3v) is 3.66. The van der Waals surface area contributed by atoms with E-state index in [1.165, 1.54) is 5.51 Å². The smallest absolute Gasteiger partial charge is 0.451 e. The fraction of sp³-hybridized carbons (Fsp3) is 0.333. The largest absolute Gasteiger partial charge is 0.481 e. The van der Waals surface area contributed by atoms with Gasteiger partial charge in [0, 0.05) is 5.75 Å². The topological polar surface area (TPSA) is 76.0 Å². The van der Waals surface area contributed by atoms with Gasteiger partial charge in [0.1, 0.15) is 15.4 Å². The van der Waals surface area contributed by atoms with Gasteiger partial charge in [-0.05, 0) is 0 Å². The van der Waals surface area contributed by atoms with Crippen molar-refractivity contribution in [2.45, 2.75) is 17.6 Å². The zero-order chi connectivity index (χ0) is 14.0. The minimum atomic E-state index is -4.64. The molecule has 0 aliphatic rings. The maximum absolute atomic E-state index is 12.6. The van der Waals surface area contributed by atoms with Crippen molar-refractivity contribution in [2.24, 2.45) is 0 Å². The van der Waals surface area contributed by atoms with Crippen LogP contribution in [0.5, 0.6) is 0 Å². The SMILES string of the molecule is O=C(O)CCSc1nc(C(F)(F)F)nc2scnc12. The first kappa shape index (κ1) is 14.0. The summed E-state index contributed by atoms with van der Waals surface area (Å²) in [6.07, 6.45) is -4.80. The molecule has 0 bridgehead atoms. The number of halogens is 3. The third kappa shape index (κ3) is 3.32. The molecule has 0 aliphatic heterocycles. The molecule has 102 valence electrons. The van der Waals surface area contributed by atoms with E-state index in [1.807, 2.05) is 0 Å². The van der Waals surface area contributed by atoms with Gasteiger partial charge in [-0.2, -0.15) is 13.2 Å². The number of hydrogen-bond acceptors (Lipinski definition) is 6. The number of carboxylic acid groups (broad SMARTS) is 1. The van der Waals surface area contributed by atoms with Crippen molar-refractivity contribution in [3.63, 3.8) is 0 Å². The lowest BCUT2D eigenvalue weighted by atomic mass is 10.5. The minimum Gasteiger partial charge on any atom is -0.481 e. The minimum absolute atomic E-state index is 0.0554. The molecule has 0 atom stereocenters. The van der Waals surface area contributed by atoms with Crippen LogP contribution in [0.3, 0.4) is 0 Å². The van der Waals surface area contributed by atoms with Gasteiger partial charge in [-0.25, -0.2) is 15.0 Å². The van der Waals surface area contributed by atoms with Gasteiger partial charge in [0.05, 0.1) is 11.9 Å². The fourth-order valence-electron chi connectivity index (χ4n) is 1.20. The first-order chi connectivity index (χ1) is 8.88. The molecular formula is C9H6F3N3O2S2. The lowest BCUT2D eigenvalue weighted by molar-refractivity contribution is -0.145. The zero-order valence-electron chi connectivity index (χ0n) is 9.14. The Kier molecular flexibility index (Phi) is 3.90. The Bertz CT molecular complexity index is 614. The number of hydrogen-bond donors (Lipinski definition) is 1. The molecule has 19 heavy (non-hydrogen) atoms. The highest BCUT2D eigenvalue weighted by atomic mass is 32.2. The molecule has 5 nitrogen and oxygen atoms in total. The van der Waals surface area contributed by atoms with Crippen LogP contribution in [0.25, 0.3) is 10.3 Å². The van der Waals surface area contributed by atoms with Crippen molar-refractivity contribution >= 4 is 39.4 Å². The van der Waals surface area contributed by atoms with Crippen LogP contribution in [0, 0.1) is 0 Å². The van der Waals surface area contributed by atoms with Gasteiger partial charge in [-0.3, -0.25) is 4.79 Å². The van der Waals surface area contributed by atoms with E-state index in [0.717, 1.165) is 23.1 Å². The van der Waals surface area contributed by atoms with Gasteiger partial charge in [0.25, 0.3) is 0 Å². The normalized spacial score (nSPS) is 11.9. The number of thioether (sulfide) groups is 1. The Labute approximate surface area is 112 Å². The predicted octanol–water partition coefficient (Wildman–Crippen LogP) is 2.67. The van der Waals surface area contributed by atoms with Crippen LogP contribution in [-0.2, 0) is 11.0 Å². The molecule has 0 saturated carbocycles. The van der Waals surface area contributed by atoms with Crippen molar-refractivity contribution in [3.8, 4) is 0 Å². The molecule has 0 aliphatic carbocycles. The summed E-state index contributed by atoms with van der Waals surface area (Å²) in [5.74, 6) is -2.13. The first-order valence-corrected chi connectivity index (χ1v) is 6.77. The maximum Gasteiger partial charge on any atom is 0.451 e. The van der Waals surface area contributed by atoms with Crippen LogP contribution in [0.4, 0.5) is 13.2 Å². The van der Waals surface area contributed by atoms with Gasteiger partial charge in [0.2, 0.25) is 5.82 Å². The number of aliphatic carboxylic acids is 1. The fourth-order valence-corrected chi connectivity index (χ4v) is 2.83. The van der Waals surface area contributed by atoms with Crippen molar-refractivity contribution in [3.05, 3.63) is 11.3 Å². The summed E-state index contributed by atoms with van der Waals surface area (Å²) in [5.41, 5.74) is 1.65. The summed E-state index contributed by atoms with van der Waals surface area (Å²) in [5, 5.41) is 8.56. The number of fused-ring (bicyclic) bond motifs is 1. The van der Waals surface area contributed by atoms with Crippen LogP contribution >= 0.6 is 23.1 Å². The molecule has 0 spiro atoms. The Morgan fingerprint density at radius 3 is 2.79 bits per heavy atom. The standard InChI is InChI=1S/C9H6F3N3O2S2/c10-9(11,12)8-14-6(18-2-1-4(16)17)5-7(15-8)19-3-13-5/h3H,1-2H2,(H,16,17). The third-order valence-electron chi connectivity index (χ3n) is 1.97. The second kappa shape index (κ2) is 5.29. The maximum atomic E-state index is 12.6. The average Bonchev–Trinajstić information content (AvgIpc) is 2.75. The highest BCUT2D eigenvalue weighted by molar-refractivity contribution is 7.99. The van der Waals surface area contributed by atoms with Gasteiger partial charge < -0.3 is 5.11 Å². The summed E-state index contributed by atoms with van der Waals surface area (Å²) < 4.78 is 37.8. The van der Waals surface area contributed by atoms with E-state index in [9.17, 15) is 18.0 Å². The number of thiazole rings is 1. The van der Waals surface area contributed by atoms with Crippen molar-refractivity contribution in [2.75, 3.05) is 5.75 Å². The van der Waals surface area contributed by atoms with Crippen molar-refractivity contribution in [1.29, 1.82) is 0 Å². The molecule has 2 aromatic rings. The van der Waals surface area contributed by atoms with Crippen molar-refractivity contribution < 1.29 is 23.1 Å². The Hall–Kier alpha value is -1.42. The number of aromatic nitrogens is 3. The summed E-state index contributed by atoms with van der Waals surface area (Å²) >= 11 is 1.91. The molecule has 0 aromatic carbocycles. The van der Waals surface area contributed by atoms with E-state index in [4.69, 9.17) is 5.11 Å². The van der Waals surface area contributed by atoms with E-state index < -0.39 is 18.0 Å². The van der Waals surface area contributed by atoms with Gasteiger partial charge in [-0.1, -0.05) is 0 Å². The molecule has 1 N–H and O–H groups in total. The number of carbonyl (C=O) groups is 1. The lowest BCUT2D eigenvalue weighted by Gasteiger charge is -2.07. The molecule has 10 heteroatoms. The number of alkyl halides is 3. The van der Waals surface area contributed by atoms with E-state index in [1.54, 1.807) is 0 Å². The molecular weight excluding hydrogens is 303 g/mol. The van der Waals surface area contributed by atoms with Crippen LogP contribution in [0.1, 0.15) is 12.2 Å². The van der Waals surface area contributed by atoms with Gasteiger partial charge >= 0.3 is 12.1 Å². The first-order valence-electron chi connectivity index (χ1n) is 4.91. The molecule has 2 heterocycles. The molecule has 0 amide bonds. The molecule has 0 unspecified atom stereocenters. The number of nitrogens with zero attached hydrogens (tertiary/aromatic N) is 3. The summed E-state index contributed by atoms with van der Waals surface area (Å²) in [6.45, 7) is 0. The lowest BCUT2D eigenvalue weighted by Crippen LogP contribution is -2.11. The molecule has 0 saturated heterocycles. The quantitative estimate of drug-likeness (QED) is 0.691. The van der Waals surface area contributed by atoms with Gasteiger partial charge in [-0.15, -0.1) is 23.1 Å². The van der Waals surface area contributed by atoms with E-state index in [-0.39, 0.29) is 27.5 Å². The predicted molar refractivity (Wildman–Crippen MR) is 63.2 cm³/mol. The zero-order valence-corrected chi connectivity index (χ0v) is 10.8. The molecule has 2 aromatic heterocycles. The molecule has 0 fully saturated rings. The Morgan fingerprint density at radius 2 is 2.16 bits per heavy atom. The summed E-state index contributed by atoms with van der Waals surface area (Å²) in [6, 6.07) is 0. The van der Waals surface area contributed by atoms with Crippen LogP contribution < -0.4 is 0 Å². The van der Waals surface area contributed by atoms with E-state index in [0.29, 0.717) is 0 Å². The van der Waals surface area contributed by atoms with E-state index >= 15 is 0 Å². The summed E-state index contributed by atoms with van der Waals surface area (Å²) in [4.78, 5) is 21.2. The number of carboxylic acids is 1. The molecule has 2 rings (SSSR count). The number of rotatable bonds is 4. The average molecular weight is 309 g/mol. The summed E-state index contributed by atoms with van der Waals surface area (Å²) in [7, 11) is 0. The van der Waals surface area contributed by atoms with Crippen LogP contribution in [0.2, 0.25) is 0 Å². The van der Waals surface area contributed by atoms with Crippen LogP contribution in [-0.4, -0.2) is 31.8 Å². The molecule has 0 radical (unpaired) electrons. The van der Waals surface area contributed by atoms with Crippen molar-refractivity contribution in [1.82, 2.24) is 15.0 Å². The van der Waals surface area contributed by atoms with E-state index in [2.05, 4.69) is 15.0 Å². The highest BCUT2D eigenvalue weighted by Gasteiger charge is 2.36. The Morgan fingerprint density at radius 1 is 1.42 bits per heavy atom. The monoisotopic (exact) mass is 309 g/mol. The van der Waals surface area contributed by atoms with Crippen LogP contribution in [0.15, 0.2) is 10.5 Å². The second-order valence-corrected chi connectivity index (χ2v) is 5.27.